The van der Waals surface area contributed by atoms with Crippen LogP contribution in [0.15, 0.2) is 12.3 Å². The van der Waals surface area contributed by atoms with Crippen molar-refractivity contribution in [2.24, 2.45) is 5.41 Å². The lowest BCUT2D eigenvalue weighted by atomic mass is 10.00. The smallest absolute Gasteiger partial charge is 0.354 e. The number of hydrogen-bond donors (Lipinski definition) is 2. The van der Waals surface area contributed by atoms with Crippen LogP contribution in [0.5, 0.6) is 0 Å². The summed E-state index contributed by atoms with van der Waals surface area (Å²) in [5.74, 6) is 0.389. The Morgan fingerprint density at radius 3 is 2.74 bits per heavy atom. The highest BCUT2D eigenvalue weighted by molar-refractivity contribution is 8.13. The van der Waals surface area contributed by atoms with Crippen LogP contribution in [0.1, 0.15) is 41.0 Å². The predicted octanol–water partition coefficient (Wildman–Crippen LogP) is 3.58. The van der Waals surface area contributed by atoms with Crippen LogP contribution in [0.25, 0.3) is 0 Å². The number of alkyl halides is 1. The molecule has 1 rings (SSSR count). The summed E-state index contributed by atoms with van der Waals surface area (Å²) in [5, 5.41) is 2.51. The quantitative estimate of drug-likeness (QED) is 0.318. The number of allylic oxidation sites excluding steroid dienone is 1. The third-order valence-corrected chi connectivity index (χ3v) is 6.66. The van der Waals surface area contributed by atoms with E-state index in [0.29, 0.717) is 12.2 Å². The maximum Gasteiger partial charge on any atom is 0.403 e. The number of thioether (sulfide) groups is 1. The second-order valence-electron chi connectivity index (χ2n) is 7.85. The van der Waals surface area contributed by atoms with Crippen molar-refractivity contribution in [1.29, 1.82) is 0 Å². The number of carbonyl (C=O) groups is 1. The van der Waals surface area contributed by atoms with Gasteiger partial charge in [-0.3, -0.25) is 9.32 Å². The molecule has 10 heteroatoms. The lowest BCUT2D eigenvalue weighted by Crippen LogP contribution is -2.40. The van der Waals surface area contributed by atoms with Crippen molar-refractivity contribution in [2.45, 2.75) is 58.2 Å². The minimum Gasteiger partial charge on any atom is -0.354 e. The number of ether oxygens (including phenoxy) is 1. The fraction of sp³-hybridized carbons (Fsp3) is 0.824. The second-order valence-corrected chi connectivity index (χ2v) is 11.4. The number of rotatable bonds is 9. The summed E-state index contributed by atoms with van der Waals surface area (Å²) in [5.41, 5.74) is -0.436. The molecule has 4 atom stereocenters. The highest BCUT2D eigenvalue weighted by Gasteiger charge is 2.46. The van der Waals surface area contributed by atoms with Gasteiger partial charge in [0.2, 0.25) is 0 Å². The summed E-state index contributed by atoms with van der Waals surface area (Å²) in [6.45, 7) is 9.43. The Kier molecular flexibility index (Phi) is 9.34. The largest absolute Gasteiger partial charge is 0.403 e. The normalized spacial score (nSPS) is 28.4. The van der Waals surface area contributed by atoms with Crippen molar-refractivity contribution in [3.63, 3.8) is 0 Å². The monoisotopic (exact) mass is 442 g/mol. The topological polar surface area (TPSA) is 88.1 Å². The highest BCUT2D eigenvalue weighted by Crippen LogP contribution is 2.41. The molecule has 27 heavy (non-hydrogen) atoms. The zero-order valence-corrected chi connectivity index (χ0v) is 19.4. The van der Waals surface area contributed by atoms with Crippen LogP contribution in [-0.4, -0.2) is 58.1 Å². The fourth-order valence-electron chi connectivity index (χ4n) is 2.63. The molecule has 7 nitrogen and oxygen atoms in total. The molecule has 0 bridgehead atoms. The van der Waals surface area contributed by atoms with Gasteiger partial charge in [-0.15, -0.1) is 11.6 Å². The average Bonchev–Trinajstić information content (AvgIpc) is 2.83. The molecule has 0 saturated carbocycles. The Balaban J connectivity index is 2.41. The molecule has 1 heterocycles. The van der Waals surface area contributed by atoms with Crippen LogP contribution in [-0.2, 0) is 18.6 Å². The molecular formula is C17H32ClN2O5PS. The molecule has 0 aromatic carbocycles. The molecule has 2 N–H and O–H groups in total. The van der Waals surface area contributed by atoms with Gasteiger partial charge in [0, 0.05) is 24.8 Å². The Labute approximate surface area is 171 Å². The first-order chi connectivity index (χ1) is 12.3. The van der Waals surface area contributed by atoms with E-state index in [4.69, 9.17) is 20.9 Å². The van der Waals surface area contributed by atoms with Gasteiger partial charge in [-0.2, -0.15) is 0 Å². The van der Waals surface area contributed by atoms with Crippen LogP contribution in [0.3, 0.4) is 0 Å². The van der Waals surface area contributed by atoms with Gasteiger partial charge >= 0.3 is 7.75 Å². The summed E-state index contributed by atoms with van der Waals surface area (Å²) < 4.78 is 23.2. The molecular weight excluding hydrogens is 411 g/mol. The standard InChI is InChI=1S/C17H32ClN2O5PS/c1-7-9-20(6)14-17(5,18)11-13(25-14)12-24-26(22,23)19-8-10-27-15(21)16(2,3)4/h7,9,13-14H,8,10-12H2,1-6H3,(H2,19,22,23)/b9-7-. The van der Waals surface area contributed by atoms with Crippen molar-refractivity contribution in [3.8, 4) is 0 Å². The van der Waals surface area contributed by atoms with Crippen molar-refractivity contribution in [3.05, 3.63) is 12.3 Å². The highest BCUT2D eigenvalue weighted by atomic mass is 35.5. The van der Waals surface area contributed by atoms with E-state index in [0.717, 1.165) is 11.8 Å². The number of nitrogens with one attached hydrogen (secondary N) is 1. The average molecular weight is 443 g/mol. The van der Waals surface area contributed by atoms with Gasteiger partial charge in [0.25, 0.3) is 0 Å². The van der Waals surface area contributed by atoms with E-state index in [-0.39, 0.29) is 30.6 Å². The third kappa shape index (κ3) is 8.44. The molecule has 0 aliphatic carbocycles. The molecule has 158 valence electrons. The van der Waals surface area contributed by atoms with E-state index in [1.165, 1.54) is 0 Å². The summed E-state index contributed by atoms with van der Waals surface area (Å²) in [6, 6.07) is 0. The number of nitrogens with zero attached hydrogens (tertiary/aromatic N) is 1. The lowest BCUT2D eigenvalue weighted by Gasteiger charge is -2.30. The van der Waals surface area contributed by atoms with E-state index in [1.54, 1.807) is 0 Å². The molecule has 0 aromatic rings. The summed E-state index contributed by atoms with van der Waals surface area (Å²) in [7, 11) is -2.10. The molecule has 4 unspecified atom stereocenters. The fourth-order valence-corrected chi connectivity index (χ4v) is 4.83. The van der Waals surface area contributed by atoms with Gasteiger partial charge in [0.15, 0.2) is 5.12 Å². The minimum absolute atomic E-state index is 0.0371. The van der Waals surface area contributed by atoms with Crippen LogP contribution >= 0.6 is 31.1 Å². The number of hydrogen-bond acceptors (Lipinski definition) is 6. The van der Waals surface area contributed by atoms with Gasteiger partial charge in [0.05, 0.1) is 17.6 Å². The van der Waals surface area contributed by atoms with E-state index >= 15 is 0 Å². The first kappa shape index (κ1) is 25.0. The van der Waals surface area contributed by atoms with E-state index < -0.39 is 18.0 Å². The lowest BCUT2D eigenvalue weighted by molar-refractivity contribution is -0.117. The maximum atomic E-state index is 12.1. The third-order valence-electron chi connectivity index (χ3n) is 3.91. The van der Waals surface area contributed by atoms with Gasteiger partial charge in [0.1, 0.15) is 6.23 Å². The Bertz CT molecular complexity index is 582. The van der Waals surface area contributed by atoms with Crippen molar-refractivity contribution in [1.82, 2.24) is 9.99 Å². The van der Waals surface area contributed by atoms with Crippen LogP contribution in [0, 0.1) is 5.41 Å². The van der Waals surface area contributed by atoms with Gasteiger partial charge < -0.3 is 14.5 Å². The summed E-state index contributed by atoms with van der Waals surface area (Å²) >= 11 is 7.67. The predicted molar refractivity (Wildman–Crippen MR) is 111 cm³/mol. The van der Waals surface area contributed by atoms with Crippen molar-refractivity contribution >= 4 is 36.2 Å². The van der Waals surface area contributed by atoms with Crippen molar-refractivity contribution < 1.29 is 23.5 Å². The number of halogens is 1. The first-order valence-corrected chi connectivity index (χ1v) is 11.8. The number of carbonyl (C=O) groups excluding carboxylic acids is 1. The van der Waals surface area contributed by atoms with Crippen LogP contribution < -0.4 is 5.09 Å². The minimum atomic E-state index is -3.97. The second kappa shape index (κ2) is 10.1. The molecule has 1 fully saturated rings. The zero-order valence-electron chi connectivity index (χ0n) is 16.9. The summed E-state index contributed by atoms with van der Waals surface area (Å²) in [4.78, 5) is 23.0. The molecule has 0 amide bonds. The molecule has 1 saturated heterocycles. The van der Waals surface area contributed by atoms with E-state index in [9.17, 15) is 14.3 Å². The molecule has 1 aliphatic rings. The van der Waals surface area contributed by atoms with Crippen LogP contribution in [0.4, 0.5) is 0 Å². The zero-order chi connectivity index (χ0) is 20.9. The van der Waals surface area contributed by atoms with Crippen LogP contribution in [0.2, 0.25) is 0 Å². The molecule has 1 aliphatic heterocycles. The SMILES string of the molecule is C/C=C\N(C)C1OC(COP(=O)(O)NCCSC(=O)C(C)(C)C)CC1(C)Cl. The van der Waals surface area contributed by atoms with Gasteiger partial charge in [-0.25, -0.2) is 9.65 Å². The van der Waals surface area contributed by atoms with E-state index in [2.05, 4.69) is 5.09 Å². The molecule has 0 aromatic heterocycles. The molecule has 0 spiro atoms. The Hall–Kier alpha value is -0.0800. The van der Waals surface area contributed by atoms with Crippen molar-refractivity contribution in [2.75, 3.05) is 26.0 Å². The van der Waals surface area contributed by atoms with Gasteiger partial charge in [-0.1, -0.05) is 38.6 Å². The van der Waals surface area contributed by atoms with E-state index in [1.807, 2.05) is 58.8 Å². The Morgan fingerprint density at radius 1 is 1.56 bits per heavy atom. The maximum absolute atomic E-state index is 12.1. The van der Waals surface area contributed by atoms with Gasteiger partial charge in [-0.05, 0) is 26.5 Å². The molecule has 0 radical (unpaired) electrons. The Morgan fingerprint density at radius 2 is 2.19 bits per heavy atom. The summed E-state index contributed by atoms with van der Waals surface area (Å²) in [6.07, 6.45) is 3.51. The first-order valence-electron chi connectivity index (χ1n) is 8.87.